The predicted molar refractivity (Wildman–Crippen MR) is 135 cm³/mol. The second kappa shape index (κ2) is 7.66. The minimum absolute atomic E-state index is 0.213. The van der Waals surface area contributed by atoms with Crippen molar-refractivity contribution in [3.63, 3.8) is 0 Å². The molecule has 0 fully saturated rings. The van der Waals surface area contributed by atoms with Crippen LogP contribution in [0.15, 0.2) is 97.1 Å². The van der Waals surface area contributed by atoms with Gasteiger partial charge in [0, 0.05) is 23.1 Å². The molecule has 0 aliphatic carbocycles. The van der Waals surface area contributed by atoms with E-state index in [-0.39, 0.29) is 12.0 Å². The van der Waals surface area contributed by atoms with E-state index in [9.17, 15) is 0 Å². The molecular formula is C31H27NO2. The Balaban J connectivity index is 1.49. The lowest BCUT2D eigenvalue weighted by Crippen LogP contribution is -2.46. The van der Waals surface area contributed by atoms with Crippen molar-refractivity contribution in [2.75, 3.05) is 18.6 Å². The average Bonchev–Trinajstić information content (AvgIpc) is 3.30. The standard InChI is InChI=1S/C31H27NO2/c1-33-27-17-9-16-24-30-25(19-34-31(24)27)28(21-12-6-3-7-13-21)23-15-8-14-22-18-26(32(30)29(22)23)20-10-4-2-5-11-20/h2-17,25-26,28,30H,18-19H2,1H3/t25-,26-,28+,30-/m0/s1. The van der Waals surface area contributed by atoms with Crippen LogP contribution in [0.2, 0.25) is 0 Å². The van der Waals surface area contributed by atoms with Crippen molar-refractivity contribution in [2.45, 2.75) is 24.4 Å². The SMILES string of the molecule is COc1cccc2c1OC[C@H]1[C@H](c3ccccc3)c3cccc4c3N([C@H](c3ccccc3)C4)[C@@H]21. The summed E-state index contributed by atoms with van der Waals surface area (Å²) in [5.41, 5.74) is 8.27. The molecule has 0 unspecified atom stereocenters. The third-order valence-corrected chi connectivity index (χ3v) is 7.94. The highest BCUT2D eigenvalue weighted by Gasteiger charge is 2.51. The Morgan fingerprint density at radius 1 is 0.765 bits per heavy atom. The largest absolute Gasteiger partial charge is 0.493 e. The Kier molecular flexibility index (Phi) is 4.45. The van der Waals surface area contributed by atoms with E-state index in [1.165, 1.54) is 33.5 Å². The third-order valence-electron chi connectivity index (χ3n) is 7.94. The van der Waals surface area contributed by atoms with E-state index in [1.54, 1.807) is 7.11 Å². The summed E-state index contributed by atoms with van der Waals surface area (Å²) in [6, 6.07) is 35.8. The Morgan fingerprint density at radius 3 is 2.24 bits per heavy atom. The van der Waals surface area contributed by atoms with E-state index in [4.69, 9.17) is 9.47 Å². The van der Waals surface area contributed by atoms with Gasteiger partial charge >= 0.3 is 0 Å². The maximum Gasteiger partial charge on any atom is 0.166 e. The number of rotatable bonds is 3. The van der Waals surface area contributed by atoms with Gasteiger partial charge in [0.05, 0.1) is 25.8 Å². The zero-order chi connectivity index (χ0) is 22.6. The molecule has 3 aliphatic rings. The minimum atomic E-state index is 0.213. The monoisotopic (exact) mass is 445 g/mol. The predicted octanol–water partition coefficient (Wildman–Crippen LogP) is 6.69. The zero-order valence-corrected chi connectivity index (χ0v) is 19.2. The first kappa shape index (κ1) is 19.7. The van der Waals surface area contributed by atoms with Crippen molar-refractivity contribution in [1.82, 2.24) is 0 Å². The molecule has 0 radical (unpaired) electrons. The Labute approximate surface area is 200 Å². The summed E-state index contributed by atoms with van der Waals surface area (Å²) < 4.78 is 12.2. The number of hydrogen-bond donors (Lipinski definition) is 0. The summed E-state index contributed by atoms with van der Waals surface area (Å²) in [6.07, 6.45) is 1.03. The summed E-state index contributed by atoms with van der Waals surface area (Å²) in [4.78, 5) is 2.71. The first-order valence-electron chi connectivity index (χ1n) is 12.1. The van der Waals surface area contributed by atoms with E-state index in [2.05, 4.69) is 95.9 Å². The number of benzene rings is 4. The van der Waals surface area contributed by atoms with Gasteiger partial charge < -0.3 is 14.4 Å². The molecule has 0 N–H and O–H groups in total. The highest BCUT2D eigenvalue weighted by atomic mass is 16.5. The second-order valence-corrected chi connectivity index (χ2v) is 9.58. The highest BCUT2D eigenvalue weighted by Crippen LogP contribution is 2.61. The van der Waals surface area contributed by atoms with Gasteiger partial charge in [0.15, 0.2) is 11.5 Å². The summed E-state index contributed by atoms with van der Waals surface area (Å²) in [7, 11) is 1.73. The van der Waals surface area contributed by atoms with Crippen LogP contribution in [-0.2, 0) is 6.42 Å². The van der Waals surface area contributed by atoms with E-state index in [0.29, 0.717) is 18.6 Å². The molecule has 3 aliphatic heterocycles. The molecule has 3 heteroatoms. The lowest BCUT2D eigenvalue weighted by molar-refractivity contribution is 0.160. The maximum atomic E-state index is 6.48. The van der Waals surface area contributed by atoms with Crippen LogP contribution in [0.3, 0.4) is 0 Å². The quantitative estimate of drug-likeness (QED) is 0.350. The van der Waals surface area contributed by atoms with Crippen molar-refractivity contribution < 1.29 is 9.47 Å². The molecule has 0 amide bonds. The van der Waals surface area contributed by atoms with Crippen molar-refractivity contribution >= 4 is 5.69 Å². The fourth-order valence-corrected chi connectivity index (χ4v) is 6.63. The van der Waals surface area contributed by atoms with Gasteiger partial charge in [0.2, 0.25) is 0 Å². The van der Waals surface area contributed by atoms with Crippen LogP contribution in [0.5, 0.6) is 11.5 Å². The molecular weight excluding hydrogens is 418 g/mol. The first-order valence-corrected chi connectivity index (χ1v) is 12.1. The number of ether oxygens (including phenoxy) is 2. The van der Waals surface area contributed by atoms with E-state index in [0.717, 1.165) is 17.9 Å². The zero-order valence-electron chi connectivity index (χ0n) is 19.2. The second-order valence-electron chi connectivity index (χ2n) is 9.58. The molecule has 0 saturated heterocycles. The van der Waals surface area contributed by atoms with Crippen molar-refractivity contribution in [3.05, 3.63) is 125 Å². The average molecular weight is 446 g/mol. The maximum absolute atomic E-state index is 6.48. The van der Waals surface area contributed by atoms with Crippen molar-refractivity contribution in [2.24, 2.45) is 5.92 Å². The molecule has 4 aromatic rings. The highest BCUT2D eigenvalue weighted by molar-refractivity contribution is 5.72. The molecule has 3 nitrogen and oxygen atoms in total. The molecule has 4 aromatic carbocycles. The lowest BCUT2D eigenvalue weighted by Gasteiger charge is -2.51. The molecule has 4 atom stereocenters. The third kappa shape index (κ3) is 2.76. The molecule has 168 valence electrons. The summed E-state index contributed by atoms with van der Waals surface area (Å²) in [5, 5.41) is 0. The summed E-state index contributed by atoms with van der Waals surface area (Å²) >= 11 is 0. The van der Waals surface area contributed by atoms with Gasteiger partial charge in [-0.15, -0.1) is 0 Å². The topological polar surface area (TPSA) is 21.7 Å². The molecule has 0 spiro atoms. The summed E-state index contributed by atoms with van der Waals surface area (Å²) in [6.45, 7) is 0.666. The van der Waals surface area contributed by atoms with Gasteiger partial charge in [0.25, 0.3) is 0 Å². The molecule has 3 heterocycles. The van der Waals surface area contributed by atoms with Gasteiger partial charge in [0.1, 0.15) is 0 Å². The molecule has 7 rings (SSSR count). The van der Waals surface area contributed by atoms with Crippen LogP contribution in [0.25, 0.3) is 0 Å². The van der Waals surface area contributed by atoms with Crippen LogP contribution < -0.4 is 14.4 Å². The number of anilines is 1. The van der Waals surface area contributed by atoms with Crippen LogP contribution in [0.4, 0.5) is 5.69 Å². The number of nitrogens with zero attached hydrogens (tertiary/aromatic N) is 1. The van der Waals surface area contributed by atoms with Gasteiger partial charge in [-0.3, -0.25) is 0 Å². The molecule has 0 saturated carbocycles. The smallest absolute Gasteiger partial charge is 0.166 e. The molecule has 34 heavy (non-hydrogen) atoms. The van der Waals surface area contributed by atoms with Gasteiger partial charge in [-0.25, -0.2) is 0 Å². The van der Waals surface area contributed by atoms with E-state index < -0.39 is 0 Å². The van der Waals surface area contributed by atoms with Crippen LogP contribution in [0.1, 0.15) is 45.8 Å². The molecule has 0 bridgehead atoms. The van der Waals surface area contributed by atoms with Crippen LogP contribution >= 0.6 is 0 Å². The number of para-hydroxylation sites is 2. The number of methoxy groups -OCH3 is 1. The number of fused-ring (bicyclic) bond motifs is 4. The van der Waals surface area contributed by atoms with Gasteiger partial charge in [-0.1, -0.05) is 91.0 Å². The van der Waals surface area contributed by atoms with Gasteiger partial charge in [-0.2, -0.15) is 0 Å². The minimum Gasteiger partial charge on any atom is -0.493 e. The van der Waals surface area contributed by atoms with E-state index in [1.807, 2.05) is 6.07 Å². The van der Waals surface area contributed by atoms with Crippen LogP contribution in [0, 0.1) is 5.92 Å². The van der Waals surface area contributed by atoms with Gasteiger partial charge in [-0.05, 0) is 34.7 Å². The number of hydrogen-bond acceptors (Lipinski definition) is 3. The lowest BCUT2D eigenvalue weighted by atomic mass is 9.70. The van der Waals surface area contributed by atoms with E-state index >= 15 is 0 Å². The van der Waals surface area contributed by atoms with Crippen LogP contribution in [-0.4, -0.2) is 13.7 Å². The normalized spacial score (nSPS) is 24.0. The fraction of sp³-hybridized carbons (Fsp3) is 0.226. The van der Waals surface area contributed by atoms with Crippen molar-refractivity contribution in [3.8, 4) is 11.5 Å². The summed E-state index contributed by atoms with van der Waals surface area (Å²) in [5.74, 6) is 2.31. The Morgan fingerprint density at radius 2 is 1.47 bits per heavy atom. The van der Waals surface area contributed by atoms with Crippen molar-refractivity contribution in [1.29, 1.82) is 0 Å². The first-order chi connectivity index (χ1) is 16.8. The molecule has 0 aromatic heterocycles. The Hall–Kier alpha value is -3.72. The Bertz CT molecular complexity index is 1350. The fourth-order valence-electron chi connectivity index (χ4n) is 6.63.